The first-order valence-electron chi connectivity index (χ1n) is 13.9. The standard InChI is InChI=1S/C30H32Cl2F2N2O5S3/c1-38-35-15-23(31)22(24(32)16-35)14-26(19-5-10-25(41-30(33)34)27(13-19)39-17-18-3-4-18)40-29(37)28-36(11-12-43-28)44-21-8-6-20(42-2)7-9-21/h5-10,13,15,18,26,28,30H,3-4,11-12,14,16-17H2,1-2H3. The average Bonchev–Trinajstić information content (AvgIpc) is 3.73. The van der Waals surface area contributed by atoms with Gasteiger partial charge in [0.1, 0.15) is 6.10 Å². The number of ether oxygens (including phenoxy) is 3. The molecular weight excluding hydrogens is 673 g/mol. The van der Waals surface area contributed by atoms with Crippen molar-refractivity contribution in [3.05, 3.63) is 69.9 Å². The number of halogens is 4. The first-order valence-corrected chi connectivity index (χ1v) is 17.7. The van der Waals surface area contributed by atoms with Crippen molar-refractivity contribution in [1.82, 2.24) is 9.37 Å². The van der Waals surface area contributed by atoms with E-state index in [1.165, 1.54) is 41.9 Å². The van der Waals surface area contributed by atoms with E-state index in [9.17, 15) is 13.6 Å². The highest BCUT2D eigenvalue weighted by Gasteiger charge is 2.36. The second-order valence-corrected chi connectivity index (χ2v) is 14.3. The number of hydrogen-bond donors (Lipinski definition) is 0. The molecule has 0 bridgehead atoms. The predicted molar refractivity (Wildman–Crippen MR) is 172 cm³/mol. The van der Waals surface area contributed by atoms with Crippen LogP contribution in [-0.2, 0) is 14.4 Å². The van der Waals surface area contributed by atoms with Gasteiger partial charge in [-0.25, -0.2) is 9.10 Å². The zero-order chi connectivity index (χ0) is 31.2. The fraction of sp³-hybridized carbons (Fsp3) is 0.433. The van der Waals surface area contributed by atoms with Gasteiger partial charge in [-0.2, -0.15) is 8.78 Å². The Hall–Kier alpha value is -1.80. The second-order valence-electron chi connectivity index (χ2n) is 10.2. The third-order valence-corrected chi connectivity index (χ3v) is 11.0. The number of allylic oxidation sites excluding steroid dienone is 1. The lowest BCUT2D eigenvalue weighted by Crippen LogP contribution is -2.32. The molecule has 2 aromatic rings. The van der Waals surface area contributed by atoms with E-state index in [1.54, 1.807) is 30.1 Å². The lowest BCUT2D eigenvalue weighted by Gasteiger charge is -2.28. The number of carbonyl (C=O) groups is 1. The van der Waals surface area contributed by atoms with Gasteiger partial charge in [0.25, 0.3) is 0 Å². The summed E-state index contributed by atoms with van der Waals surface area (Å²) in [5.74, 6) is 0.792. The van der Waals surface area contributed by atoms with Crippen molar-refractivity contribution in [1.29, 1.82) is 0 Å². The zero-order valence-corrected chi connectivity index (χ0v) is 28.0. The Bertz CT molecular complexity index is 1380. The molecule has 3 aliphatic rings. The van der Waals surface area contributed by atoms with E-state index in [-0.39, 0.29) is 24.5 Å². The van der Waals surface area contributed by atoms with E-state index < -0.39 is 24.1 Å². The Morgan fingerprint density at radius 3 is 2.52 bits per heavy atom. The summed E-state index contributed by atoms with van der Waals surface area (Å²) >= 11 is 17.9. The molecule has 2 atom stereocenters. The highest BCUT2D eigenvalue weighted by Crippen LogP contribution is 2.42. The minimum Gasteiger partial charge on any atom is -0.489 e. The molecule has 2 aromatic carbocycles. The number of carbonyl (C=O) groups excluding carboxylic acids is 1. The van der Waals surface area contributed by atoms with Gasteiger partial charge < -0.3 is 14.2 Å². The molecular formula is C30H32Cl2F2N2O5S3. The summed E-state index contributed by atoms with van der Waals surface area (Å²) in [5.41, 5.74) is 1.13. The van der Waals surface area contributed by atoms with Crippen LogP contribution in [0.5, 0.6) is 11.5 Å². The Morgan fingerprint density at radius 2 is 1.86 bits per heavy atom. The van der Waals surface area contributed by atoms with Gasteiger partial charge in [0.15, 0.2) is 16.9 Å². The fourth-order valence-corrected chi connectivity index (χ4v) is 7.94. The van der Waals surface area contributed by atoms with Crippen LogP contribution < -0.4 is 9.47 Å². The molecule has 2 unspecified atom stereocenters. The number of nitrogens with zero attached hydrogens (tertiary/aromatic N) is 2. The molecule has 14 heteroatoms. The van der Waals surface area contributed by atoms with Crippen molar-refractivity contribution in [3.8, 4) is 11.5 Å². The molecule has 7 nitrogen and oxygen atoms in total. The quantitative estimate of drug-likeness (QED) is 0.109. The second kappa shape index (κ2) is 15.7. The molecule has 1 aliphatic carbocycles. The van der Waals surface area contributed by atoms with Crippen LogP contribution in [0.25, 0.3) is 0 Å². The van der Waals surface area contributed by atoms with Crippen molar-refractivity contribution in [2.75, 3.05) is 38.8 Å². The number of rotatable bonds is 14. The highest BCUT2D eigenvalue weighted by atomic mass is 35.5. The third-order valence-electron chi connectivity index (χ3n) is 7.11. The van der Waals surface area contributed by atoms with Gasteiger partial charge in [0, 0.05) is 39.7 Å². The maximum Gasteiger partial charge on any atom is 0.387 e. The molecule has 0 amide bonds. The zero-order valence-electron chi connectivity index (χ0n) is 24.1. The summed E-state index contributed by atoms with van der Waals surface area (Å²) in [7, 11) is 1.51. The molecule has 2 fully saturated rings. The number of thioether (sulfide) groups is 2. The van der Waals surface area contributed by atoms with Crippen molar-refractivity contribution in [2.24, 2.45) is 5.92 Å². The van der Waals surface area contributed by atoms with Crippen molar-refractivity contribution in [2.45, 2.75) is 47.1 Å². The van der Waals surface area contributed by atoms with Crippen LogP contribution in [0.15, 0.2) is 74.1 Å². The Morgan fingerprint density at radius 1 is 1.11 bits per heavy atom. The van der Waals surface area contributed by atoms with Crippen LogP contribution >= 0.6 is 58.7 Å². The van der Waals surface area contributed by atoms with E-state index in [0.717, 1.165) is 28.4 Å². The number of hydroxylamine groups is 2. The SMILES string of the molecule is CON1C=C(Cl)C(CC(OC(=O)C2SCCN2Sc2ccc(SC)cc2)c2ccc(OC(F)F)c(OCC3CC3)c2)=C(Cl)C1. The van der Waals surface area contributed by atoms with E-state index in [0.29, 0.717) is 40.3 Å². The Balaban J connectivity index is 1.40. The predicted octanol–water partition coefficient (Wildman–Crippen LogP) is 8.31. The summed E-state index contributed by atoms with van der Waals surface area (Å²) in [6.07, 6.45) is 4.98. The molecule has 2 heterocycles. The third kappa shape index (κ3) is 8.92. The first-order chi connectivity index (χ1) is 21.2. The molecule has 238 valence electrons. The number of benzene rings is 2. The number of hydrogen-bond acceptors (Lipinski definition) is 10. The van der Waals surface area contributed by atoms with Crippen molar-refractivity contribution < 1.29 is 32.6 Å². The van der Waals surface area contributed by atoms with Crippen molar-refractivity contribution in [3.63, 3.8) is 0 Å². The monoisotopic (exact) mass is 704 g/mol. The smallest absolute Gasteiger partial charge is 0.387 e. The van der Waals surface area contributed by atoms with Crippen LogP contribution in [0.1, 0.15) is 30.9 Å². The normalized spacial score (nSPS) is 19.8. The molecule has 0 N–H and O–H groups in total. The van der Waals surface area contributed by atoms with E-state index in [2.05, 4.69) is 0 Å². The van der Waals surface area contributed by atoms with Crippen LogP contribution in [0.4, 0.5) is 8.78 Å². The largest absolute Gasteiger partial charge is 0.489 e. The van der Waals surface area contributed by atoms with Crippen LogP contribution in [0.2, 0.25) is 0 Å². The molecule has 44 heavy (non-hydrogen) atoms. The van der Waals surface area contributed by atoms with Gasteiger partial charge in [-0.05, 0) is 84.5 Å². The average molecular weight is 706 g/mol. The summed E-state index contributed by atoms with van der Waals surface area (Å²) < 4.78 is 45.2. The maximum absolute atomic E-state index is 13.8. The summed E-state index contributed by atoms with van der Waals surface area (Å²) in [6.45, 7) is -1.67. The van der Waals surface area contributed by atoms with Crippen LogP contribution in [0.3, 0.4) is 0 Å². The van der Waals surface area contributed by atoms with E-state index in [1.807, 2.05) is 34.8 Å². The summed E-state index contributed by atoms with van der Waals surface area (Å²) in [6, 6.07) is 12.8. The molecule has 1 saturated carbocycles. The van der Waals surface area contributed by atoms with Gasteiger partial charge in [-0.3, -0.25) is 9.90 Å². The Labute approximate surface area is 278 Å². The topological polar surface area (TPSA) is 60.5 Å². The van der Waals surface area contributed by atoms with Gasteiger partial charge in [-0.1, -0.05) is 29.3 Å². The van der Waals surface area contributed by atoms with Gasteiger partial charge in [-0.15, -0.1) is 23.5 Å². The summed E-state index contributed by atoms with van der Waals surface area (Å²) in [5, 5.41) is 1.71. The Kier molecular flexibility index (Phi) is 11.9. The van der Waals surface area contributed by atoms with Crippen LogP contribution in [-0.4, -0.2) is 66.1 Å². The lowest BCUT2D eigenvalue weighted by atomic mass is 9.99. The number of alkyl halides is 2. The van der Waals surface area contributed by atoms with E-state index in [4.69, 9.17) is 42.3 Å². The van der Waals surface area contributed by atoms with E-state index >= 15 is 0 Å². The lowest BCUT2D eigenvalue weighted by molar-refractivity contribution is -0.150. The molecule has 1 saturated heterocycles. The van der Waals surface area contributed by atoms with Gasteiger partial charge in [0.2, 0.25) is 0 Å². The van der Waals surface area contributed by atoms with Gasteiger partial charge in [0.05, 0.1) is 25.3 Å². The molecule has 2 aliphatic heterocycles. The van der Waals surface area contributed by atoms with Crippen LogP contribution in [0, 0.1) is 5.92 Å². The highest BCUT2D eigenvalue weighted by molar-refractivity contribution is 8.03. The molecule has 0 radical (unpaired) electrons. The summed E-state index contributed by atoms with van der Waals surface area (Å²) in [4.78, 5) is 21.2. The first kappa shape index (κ1) is 33.6. The van der Waals surface area contributed by atoms with Crippen molar-refractivity contribution >= 4 is 64.6 Å². The maximum atomic E-state index is 13.8. The molecule has 0 aromatic heterocycles. The van der Waals surface area contributed by atoms with Gasteiger partial charge >= 0.3 is 12.6 Å². The minimum atomic E-state index is -3.02. The number of esters is 1. The molecule has 0 spiro atoms. The minimum absolute atomic E-state index is 0.0838. The fourth-order valence-electron chi connectivity index (χ4n) is 4.58. The molecule has 5 rings (SSSR count).